The summed E-state index contributed by atoms with van der Waals surface area (Å²) in [4.78, 5) is 0.459. The summed E-state index contributed by atoms with van der Waals surface area (Å²) in [6.45, 7) is 1.84. The van der Waals surface area contributed by atoms with Gasteiger partial charge in [0, 0.05) is 20.2 Å². The van der Waals surface area contributed by atoms with Crippen molar-refractivity contribution in [3.05, 3.63) is 29.3 Å². The molecule has 1 aromatic carbocycles. The lowest BCUT2D eigenvalue weighted by Crippen LogP contribution is -2.41. The van der Waals surface area contributed by atoms with Crippen LogP contribution in [0.4, 0.5) is 0 Å². The van der Waals surface area contributed by atoms with E-state index in [2.05, 4.69) is 0 Å². The molecule has 5 heteroatoms. The van der Waals surface area contributed by atoms with Gasteiger partial charge in [-0.15, -0.1) is 0 Å². The molecule has 1 aromatic rings. The van der Waals surface area contributed by atoms with Gasteiger partial charge in [0.1, 0.15) is 0 Å². The standard InChI is InChI=1S/C16H23NO3S/c1-20-12-13-4-3-9-17(11-13)21(18,19)16-8-7-14-5-2-6-15(14)10-16/h7-8,10,13H,2-6,9,11-12H2,1H3. The quantitative estimate of drug-likeness (QED) is 0.857. The number of fused-ring (bicyclic) bond motifs is 1. The van der Waals surface area contributed by atoms with E-state index < -0.39 is 10.0 Å². The van der Waals surface area contributed by atoms with E-state index in [0.29, 0.717) is 30.5 Å². The fraction of sp³-hybridized carbons (Fsp3) is 0.625. The molecule has 1 saturated heterocycles. The molecule has 2 aliphatic rings. The number of rotatable bonds is 4. The largest absolute Gasteiger partial charge is 0.384 e. The van der Waals surface area contributed by atoms with Gasteiger partial charge in [0.2, 0.25) is 10.0 Å². The molecule has 4 nitrogen and oxygen atoms in total. The topological polar surface area (TPSA) is 46.6 Å². The van der Waals surface area contributed by atoms with Gasteiger partial charge in [-0.3, -0.25) is 0 Å². The number of methoxy groups -OCH3 is 1. The Kier molecular flexibility index (Phi) is 4.33. The molecule has 1 fully saturated rings. The van der Waals surface area contributed by atoms with E-state index in [1.54, 1.807) is 17.5 Å². The minimum atomic E-state index is -3.36. The highest BCUT2D eigenvalue weighted by Gasteiger charge is 2.30. The Morgan fingerprint density at radius 3 is 2.86 bits per heavy atom. The first kappa shape index (κ1) is 15.0. The summed E-state index contributed by atoms with van der Waals surface area (Å²) in [5, 5.41) is 0. The Morgan fingerprint density at radius 1 is 1.24 bits per heavy atom. The van der Waals surface area contributed by atoms with Crippen molar-refractivity contribution in [2.45, 2.75) is 37.0 Å². The van der Waals surface area contributed by atoms with Crippen molar-refractivity contribution in [3.63, 3.8) is 0 Å². The number of piperidine rings is 1. The van der Waals surface area contributed by atoms with Crippen LogP contribution in [0.1, 0.15) is 30.4 Å². The number of nitrogens with zero attached hydrogens (tertiary/aromatic N) is 1. The van der Waals surface area contributed by atoms with Gasteiger partial charge in [-0.25, -0.2) is 8.42 Å². The van der Waals surface area contributed by atoms with E-state index in [9.17, 15) is 8.42 Å². The number of hydrogen-bond donors (Lipinski definition) is 0. The fourth-order valence-corrected chi connectivity index (χ4v) is 5.08. The lowest BCUT2D eigenvalue weighted by molar-refractivity contribution is 0.118. The molecule has 0 saturated carbocycles. The number of benzene rings is 1. The van der Waals surface area contributed by atoms with E-state index in [0.717, 1.165) is 32.1 Å². The van der Waals surface area contributed by atoms with Crippen molar-refractivity contribution < 1.29 is 13.2 Å². The Hall–Kier alpha value is -0.910. The van der Waals surface area contributed by atoms with Gasteiger partial charge in [0.25, 0.3) is 0 Å². The normalized spacial score (nSPS) is 23.2. The van der Waals surface area contributed by atoms with Gasteiger partial charge in [-0.2, -0.15) is 4.31 Å². The van der Waals surface area contributed by atoms with Crippen molar-refractivity contribution >= 4 is 10.0 Å². The van der Waals surface area contributed by atoms with Crippen LogP contribution in [-0.4, -0.2) is 39.5 Å². The van der Waals surface area contributed by atoms with Gasteiger partial charge < -0.3 is 4.74 Å². The highest BCUT2D eigenvalue weighted by molar-refractivity contribution is 7.89. The summed E-state index contributed by atoms with van der Waals surface area (Å²) in [6, 6.07) is 5.66. The Balaban J connectivity index is 1.83. The molecule has 0 N–H and O–H groups in total. The number of ether oxygens (including phenoxy) is 1. The van der Waals surface area contributed by atoms with Crippen LogP contribution in [0.25, 0.3) is 0 Å². The van der Waals surface area contributed by atoms with E-state index in [1.165, 1.54) is 11.1 Å². The SMILES string of the molecule is COCC1CCCN(S(=O)(=O)c2ccc3c(c2)CCC3)C1. The smallest absolute Gasteiger partial charge is 0.243 e. The van der Waals surface area contributed by atoms with Crippen molar-refractivity contribution in [1.29, 1.82) is 0 Å². The van der Waals surface area contributed by atoms with Crippen molar-refractivity contribution in [1.82, 2.24) is 4.31 Å². The maximum atomic E-state index is 12.8. The van der Waals surface area contributed by atoms with Crippen molar-refractivity contribution in [2.24, 2.45) is 5.92 Å². The van der Waals surface area contributed by atoms with Crippen LogP contribution in [0, 0.1) is 5.92 Å². The zero-order valence-electron chi connectivity index (χ0n) is 12.5. The molecule has 0 radical (unpaired) electrons. The Bertz CT molecular complexity index is 610. The van der Waals surface area contributed by atoms with Crippen LogP contribution in [0.5, 0.6) is 0 Å². The Morgan fingerprint density at radius 2 is 2.05 bits per heavy atom. The minimum Gasteiger partial charge on any atom is -0.384 e. The first-order valence-electron chi connectivity index (χ1n) is 7.72. The summed E-state index contributed by atoms with van der Waals surface area (Å²) in [7, 11) is -1.68. The summed E-state index contributed by atoms with van der Waals surface area (Å²) in [5.41, 5.74) is 2.52. The molecule has 21 heavy (non-hydrogen) atoms. The number of sulfonamides is 1. The zero-order valence-corrected chi connectivity index (χ0v) is 13.4. The van der Waals surface area contributed by atoms with Crippen LogP contribution in [0.15, 0.2) is 23.1 Å². The highest BCUT2D eigenvalue weighted by Crippen LogP contribution is 2.28. The van der Waals surface area contributed by atoms with Gasteiger partial charge in [-0.1, -0.05) is 6.07 Å². The third kappa shape index (κ3) is 3.00. The lowest BCUT2D eigenvalue weighted by atomic mass is 10.0. The van der Waals surface area contributed by atoms with Gasteiger partial charge in [0.05, 0.1) is 11.5 Å². The van der Waals surface area contributed by atoms with E-state index in [4.69, 9.17) is 4.74 Å². The average molecular weight is 309 g/mol. The van der Waals surface area contributed by atoms with Crippen LogP contribution >= 0.6 is 0 Å². The summed E-state index contributed by atoms with van der Waals surface area (Å²) >= 11 is 0. The molecule has 3 rings (SSSR count). The van der Waals surface area contributed by atoms with Crippen LogP contribution in [0.2, 0.25) is 0 Å². The second-order valence-electron chi connectivity index (χ2n) is 6.11. The molecule has 1 aliphatic heterocycles. The summed E-state index contributed by atoms with van der Waals surface area (Å²) in [6.07, 6.45) is 5.18. The first-order chi connectivity index (χ1) is 10.1. The van der Waals surface area contributed by atoms with Crippen LogP contribution < -0.4 is 0 Å². The number of aryl methyl sites for hydroxylation is 2. The second-order valence-corrected chi connectivity index (χ2v) is 8.05. The fourth-order valence-electron chi connectivity index (χ4n) is 3.47. The summed E-state index contributed by atoms with van der Waals surface area (Å²) < 4.78 is 32.5. The predicted octanol–water partition coefficient (Wildman–Crippen LogP) is 2.22. The van der Waals surface area contributed by atoms with Gasteiger partial charge in [0.15, 0.2) is 0 Å². The monoisotopic (exact) mass is 309 g/mol. The highest BCUT2D eigenvalue weighted by atomic mass is 32.2. The molecule has 0 aromatic heterocycles. The maximum absolute atomic E-state index is 12.8. The molecule has 1 aliphatic carbocycles. The first-order valence-corrected chi connectivity index (χ1v) is 9.16. The molecule has 0 bridgehead atoms. The molecule has 1 atom stereocenters. The van der Waals surface area contributed by atoms with E-state index in [1.807, 2.05) is 12.1 Å². The lowest BCUT2D eigenvalue weighted by Gasteiger charge is -2.31. The second kappa shape index (κ2) is 6.07. The molecule has 0 spiro atoms. The molecule has 1 heterocycles. The number of hydrogen-bond acceptors (Lipinski definition) is 3. The third-order valence-electron chi connectivity index (χ3n) is 4.59. The van der Waals surface area contributed by atoms with Crippen molar-refractivity contribution in [3.8, 4) is 0 Å². The summed E-state index contributed by atoms with van der Waals surface area (Å²) in [5.74, 6) is 0.313. The third-order valence-corrected chi connectivity index (χ3v) is 6.45. The van der Waals surface area contributed by atoms with Gasteiger partial charge >= 0.3 is 0 Å². The average Bonchev–Trinajstić information content (AvgIpc) is 2.95. The molecular weight excluding hydrogens is 286 g/mol. The zero-order chi connectivity index (χ0) is 14.9. The van der Waals surface area contributed by atoms with Crippen LogP contribution in [0.3, 0.4) is 0 Å². The molecular formula is C16H23NO3S. The van der Waals surface area contributed by atoms with Gasteiger partial charge in [-0.05, 0) is 61.3 Å². The Labute approximate surface area is 127 Å². The molecule has 1 unspecified atom stereocenters. The predicted molar refractivity (Wildman–Crippen MR) is 81.8 cm³/mol. The molecule has 0 amide bonds. The minimum absolute atomic E-state index is 0.313. The molecule has 116 valence electrons. The maximum Gasteiger partial charge on any atom is 0.243 e. The van der Waals surface area contributed by atoms with E-state index in [-0.39, 0.29) is 0 Å². The van der Waals surface area contributed by atoms with Crippen LogP contribution in [-0.2, 0) is 27.6 Å². The van der Waals surface area contributed by atoms with E-state index >= 15 is 0 Å². The van der Waals surface area contributed by atoms with Crippen molar-refractivity contribution in [2.75, 3.05) is 26.8 Å².